The number of nitrogens with one attached hydrogen (secondary N) is 3. The third-order valence-corrected chi connectivity index (χ3v) is 3.63. The maximum absolute atomic E-state index is 12.3. The molecule has 1 heterocycles. The number of benzene rings is 1. The number of hydrogen-bond acceptors (Lipinski definition) is 5. The van der Waals surface area contributed by atoms with Gasteiger partial charge < -0.3 is 16.0 Å². The van der Waals surface area contributed by atoms with Crippen molar-refractivity contribution in [2.75, 3.05) is 58.9 Å². The molecule has 1 fully saturated rings. The van der Waals surface area contributed by atoms with Gasteiger partial charge in [0, 0.05) is 57.9 Å². The quantitative estimate of drug-likeness (QED) is 0.682. The predicted molar refractivity (Wildman–Crippen MR) is 85.8 cm³/mol. The number of carbonyl (C=O) groups is 1. The summed E-state index contributed by atoms with van der Waals surface area (Å²) < 4.78 is 0. The number of nitrogens with zero attached hydrogens (tertiary/aromatic N) is 1. The Hall–Kier alpha value is -1.27. The normalized spacial score (nSPS) is 19.4. The second-order valence-corrected chi connectivity index (χ2v) is 5.32. The molecular weight excluding hydrogens is 264 g/mol. The van der Waals surface area contributed by atoms with Crippen molar-refractivity contribution in [2.45, 2.75) is 0 Å². The molecule has 5 nitrogen and oxygen atoms in total. The van der Waals surface area contributed by atoms with Crippen molar-refractivity contribution in [1.82, 2.24) is 20.9 Å². The van der Waals surface area contributed by atoms with Crippen molar-refractivity contribution in [3.63, 3.8) is 0 Å². The van der Waals surface area contributed by atoms with Crippen LogP contribution < -0.4 is 16.0 Å². The minimum absolute atomic E-state index is 0.198. The van der Waals surface area contributed by atoms with Crippen LogP contribution in [0.2, 0.25) is 0 Å². The van der Waals surface area contributed by atoms with Gasteiger partial charge in [-0.1, -0.05) is 30.3 Å². The SMILES string of the molecule is O=C(CN1CCNCCNCCNCC1)c1ccccc1. The second-order valence-electron chi connectivity index (χ2n) is 5.32. The highest BCUT2D eigenvalue weighted by Gasteiger charge is 2.12. The highest BCUT2D eigenvalue weighted by molar-refractivity contribution is 5.97. The van der Waals surface area contributed by atoms with E-state index in [0.717, 1.165) is 57.9 Å². The molecule has 0 atom stereocenters. The van der Waals surface area contributed by atoms with Crippen LogP contribution in [-0.4, -0.2) is 69.6 Å². The van der Waals surface area contributed by atoms with Crippen molar-refractivity contribution >= 4 is 5.78 Å². The van der Waals surface area contributed by atoms with Crippen LogP contribution in [-0.2, 0) is 0 Å². The van der Waals surface area contributed by atoms with E-state index >= 15 is 0 Å². The predicted octanol–water partition coefficient (Wildman–Crippen LogP) is -0.0463. The molecule has 1 aliphatic rings. The van der Waals surface area contributed by atoms with Crippen molar-refractivity contribution in [3.8, 4) is 0 Å². The zero-order valence-electron chi connectivity index (χ0n) is 12.6. The standard InChI is InChI=1S/C16H26N4O/c21-16(15-4-2-1-3-5-15)14-20-12-10-18-8-6-17-7-9-19-11-13-20/h1-5,17-19H,6-14H2. The summed E-state index contributed by atoms with van der Waals surface area (Å²) in [7, 11) is 0. The summed E-state index contributed by atoms with van der Waals surface area (Å²) in [6.45, 7) is 8.07. The lowest BCUT2D eigenvalue weighted by Crippen LogP contribution is -2.43. The van der Waals surface area contributed by atoms with Gasteiger partial charge in [0.25, 0.3) is 0 Å². The highest BCUT2D eigenvalue weighted by atomic mass is 16.1. The minimum atomic E-state index is 0.198. The van der Waals surface area contributed by atoms with E-state index in [2.05, 4.69) is 20.9 Å². The van der Waals surface area contributed by atoms with Gasteiger partial charge in [-0.05, 0) is 0 Å². The Labute approximate surface area is 127 Å². The van der Waals surface area contributed by atoms with Crippen LogP contribution >= 0.6 is 0 Å². The summed E-state index contributed by atoms with van der Waals surface area (Å²) in [5.41, 5.74) is 0.800. The smallest absolute Gasteiger partial charge is 0.176 e. The lowest BCUT2D eigenvalue weighted by atomic mass is 10.1. The Balaban J connectivity index is 1.84. The van der Waals surface area contributed by atoms with Crippen LogP contribution in [0.15, 0.2) is 30.3 Å². The summed E-state index contributed by atoms with van der Waals surface area (Å²) in [5.74, 6) is 0.198. The van der Waals surface area contributed by atoms with E-state index < -0.39 is 0 Å². The topological polar surface area (TPSA) is 56.4 Å². The zero-order valence-corrected chi connectivity index (χ0v) is 12.6. The fourth-order valence-corrected chi connectivity index (χ4v) is 2.39. The Morgan fingerprint density at radius 2 is 1.38 bits per heavy atom. The fourth-order valence-electron chi connectivity index (χ4n) is 2.39. The maximum Gasteiger partial charge on any atom is 0.176 e. The van der Waals surface area contributed by atoms with Crippen molar-refractivity contribution in [3.05, 3.63) is 35.9 Å². The first-order valence-electron chi connectivity index (χ1n) is 7.79. The fraction of sp³-hybridized carbons (Fsp3) is 0.562. The minimum Gasteiger partial charge on any atom is -0.314 e. The van der Waals surface area contributed by atoms with Gasteiger partial charge in [0.15, 0.2) is 5.78 Å². The number of rotatable bonds is 3. The molecule has 0 aliphatic carbocycles. The molecule has 0 saturated carbocycles. The molecular formula is C16H26N4O. The lowest BCUT2D eigenvalue weighted by Gasteiger charge is -2.23. The average molecular weight is 290 g/mol. The van der Waals surface area contributed by atoms with Crippen LogP contribution in [0.25, 0.3) is 0 Å². The summed E-state index contributed by atoms with van der Waals surface area (Å²) in [6, 6.07) is 9.55. The van der Waals surface area contributed by atoms with Crippen LogP contribution in [0.4, 0.5) is 0 Å². The number of Topliss-reactive ketones (excluding diaryl/α,β-unsaturated/α-hetero) is 1. The molecule has 0 amide bonds. The van der Waals surface area contributed by atoms with Gasteiger partial charge in [0.2, 0.25) is 0 Å². The van der Waals surface area contributed by atoms with E-state index in [4.69, 9.17) is 0 Å². The first-order chi connectivity index (χ1) is 10.4. The van der Waals surface area contributed by atoms with Gasteiger partial charge in [0.05, 0.1) is 6.54 Å². The molecule has 1 saturated heterocycles. The van der Waals surface area contributed by atoms with E-state index in [0.29, 0.717) is 6.54 Å². The molecule has 1 aromatic rings. The van der Waals surface area contributed by atoms with Crippen LogP contribution in [0.3, 0.4) is 0 Å². The van der Waals surface area contributed by atoms with Crippen LogP contribution in [0, 0.1) is 0 Å². The number of carbonyl (C=O) groups excluding carboxylic acids is 1. The third-order valence-electron chi connectivity index (χ3n) is 3.63. The largest absolute Gasteiger partial charge is 0.314 e. The molecule has 3 N–H and O–H groups in total. The molecule has 21 heavy (non-hydrogen) atoms. The molecule has 0 aromatic heterocycles. The van der Waals surface area contributed by atoms with Gasteiger partial charge in [-0.25, -0.2) is 0 Å². The van der Waals surface area contributed by atoms with Gasteiger partial charge >= 0.3 is 0 Å². The Bertz CT molecular complexity index is 398. The first kappa shape index (κ1) is 16.1. The summed E-state index contributed by atoms with van der Waals surface area (Å²) in [6.07, 6.45) is 0. The van der Waals surface area contributed by atoms with Crippen molar-refractivity contribution in [2.24, 2.45) is 0 Å². The maximum atomic E-state index is 12.3. The molecule has 116 valence electrons. The Kier molecular flexibility index (Phi) is 7.38. The van der Waals surface area contributed by atoms with Crippen LogP contribution in [0.5, 0.6) is 0 Å². The van der Waals surface area contributed by atoms with Crippen molar-refractivity contribution in [1.29, 1.82) is 0 Å². The Morgan fingerprint density at radius 3 is 1.95 bits per heavy atom. The second kappa shape index (κ2) is 9.63. The molecule has 1 aliphatic heterocycles. The molecule has 2 rings (SSSR count). The molecule has 0 unspecified atom stereocenters. The third kappa shape index (κ3) is 6.35. The Morgan fingerprint density at radius 1 is 0.857 bits per heavy atom. The lowest BCUT2D eigenvalue weighted by molar-refractivity contribution is 0.0931. The van der Waals surface area contributed by atoms with Gasteiger partial charge in [0.1, 0.15) is 0 Å². The van der Waals surface area contributed by atoms with Gasteiger partial charge in [-0.3, -0.25) is 9.69 Å². The van der Waals surface area contributed by atoms with E-state index in [9.17, 15) is 4.79 Å². The first-order valence-corrected chi connectivity index (χ1v) is 7.79. The van der Waals surface area contributed by atoms with Crippen molar-refractivity contribution < 1.29 is 4.79 Å². The van der Waals surface area contributed by atoms with E-state index in [-0.39, 0.29) is 5.78 Å². The monoisotopic (exact) mass is 290 g/mol. The molecule has 0 radical (unpaired) electrons. The summed E-state index contributed by atoms with van der Waals surface area (Å²) in [4.78, 5) is 14.5. The van der Waals surface area contributed by atoms with Gasteiger partial charge in [-0.15, -0.1) is 0 Å². The van der Waals surface area contributed by atoms with E-state index in [1.807, 2.05) is 30.3 Å². The van der Waals surface area contributed by atoms with Crippen LogP contribution in [0.1, 0.15) is 10.4 Å². The molecule has 1 aromatic carbocycles. The molecule has 5 heteroatoms. The molecule has 0 spiro atoms. The zero-order chi connectivity index (χ0) is 14.8. The van der Waals surface area contributed by atoms with Gasteiger partial charge in [-0.2, -0.15) is 0 Å². The average Bonchev–Trinajstić information content (AvgIpc) is 2.51. The number of hydrogen-bond donors (Lipinski definition) is 3. The molecule has 0 bridgehead atoms. The highest BCUT2D eigenvalue weighted by Crippen LogP contribution is 2.01. The summed E-state index contributed by atoms with van der Waals surface area (Å²) in [5, 5.41) is 10.2. The van der Waals surface area contributed by atoms with E-state index in [1.54, 1.807) is 0 Å². The van der Waals surface area contributed by atoms with E-state index in [1.165, 1.54) is 0 Å². The summed E-state index contributed by atoms with van der Waals surface area (Å²) >= 11 is 0. The number of ketones is 1.